The van der Waals surface area contributed by atoms with Crippen molar-refractivity contribution in [3.8, 4) is 5.75 Å². The van der Waals surface area contributed by atoms with Crippen molar-refractivity contribution in [3.05, 3.63) is 65.2 Å². The van der Waals surface area contributed by atoms with Crippen LogP contribution in [-0.4, -0.2) is 20.8 Å². The van der Waals surface area contributed by atoms with Crippen LogP contribution in [0.5, 0.6) is 5.75 Å². The van der Waals surface area contributed by atoms with E-state index in [-0.39, 0.29) is 5.60 Å². The number of aryl methyl sites for hydroxylation is 1. The molecule has 0 saturated heterocycles. The molecule has 1 aliphatic rings. The Hall–Kier alpha value is -1.84. The molecule has 0 spiro atoms. The van der Waals surface area contributed by atoms with Gasteiger partial charge in [-0.05, 0) is 48.1 Å². The van der Waals surface area contributed by atoms with Crippen molar-refractivity contribution in [2.24, 2.45) is 0 Å². The lowest BCUT2D eigenvalue weighted by molar-refractivity contribution is -0.0946. The van der Waals surface area contributed by atoms with Crippen LogP contribution >= 0.6 is 0 Å². The van der Waals surface area contributed by atoms with Gasteiger partial charge in [0.2, 0.25) is 0 Å². The Morgan fingerprint density at radius 2 is 1.87 bits per heavy atom. The molecule has 1 aliphatic carbocycles. The summed E-state index contributed by atoms with van der Waals surface area (Å²) in [5, 5.41) is 0. The van der Waals surface area contributed by atoms with Gasteiger partial charge in [-0.3, -0.25) is 0 Å². The van der Waals surface area contributed by atoms with Gasteiger partial charge in [-0.25, -0.2) is 0 Å². The number of benzene rings is 2. The third-order valence-electron chi connectivity index (χ3n) is 4.67. The zero-order valence-electron chi connectivity index (χ0n) is 13.9. The molecule has 3 rings (SSSR count). The lowest BCUT2D eigenvalue weighted by Crippen LogP contribution is -2.37. The Labute approximate surface area is 138 Å². The van der Waals surface area contributed by atoms with Gasteiger partial charge in [-0.1, -0.05) is 36.4 Å². The maximum atomic E-state index is 6.02. The van der Waals surface area contributed by atoms with Gasteiger partial charge in [-0.15, -0.1) is 0 Å². The maximum Gasteiger partial charge on any atom is 0.119 e. The molecule has 3 nitrogen and oxygen atoms in total. The summed E-state index contributed by atoms with van der Waals surface area (Å²) in [6.07, 6.45) is 3.17. The SMILES string of the molecule is COc1ccc2c(c1)C(COCc1ccccc1)(OC)CCC2. The fourth-order valence-electron chi connectivity index (χ4n) is 3.35. The summed E-state index contributed by atoms with van der Waals surface area (Å²) in [6.45, 7) is 1.16. The molecule has 0 radical (unpaired) electrons. The van der Waals surface area contributed by atoms with E-state index in [9.17, 15) is 0 Å². The third-order valence-corrected chi connectivity index (χ3v) is 4.67. The summed E-state index contributed by atoms with van der Waals surface area (Å²) in [5.74, 6) is 0.870. The first-order chi connectivity index (χ1) is 11.3. The zero-order chi connectivity index (χ0) is 16.1. The Balaban J connectivity index is 1.78. The van der Waals surface area contributed by atoms with Crippen molar-refractivity contribution < 1.29 is 14.2 Å². The number of rotatable bonds is 6. The second kappa shape index (κ2) is 7.16. The van der Waals surface area contributed by atoms with Gasteiger partial charge in [0.25, 0.3) is 0 Å². The number of hydrogen-bond acceptors (Lipinski definition) is 3. The van der Waals surface area contributed by atoms with Crippen LogP contribution in [0.3, 0.4) is 0 Å². The van der Waals surface area contributed by atoms with Crippen molar-refractivity contribution in [2.45, 2.75) is 31.5 Å². The third kappa shape index (κ3) is 3.41. The predicted octanol–water partition coefficient (Wildman–Crippen LogP) is 4.09. The molecule has 122 valence electrons. The molecule has 0 amide bonds. The molecule has 0 heterocycles. The minimum atomic E-state index is -0.378. The quantitative estimate of drug-likeness (QED) is 0.804. The van der Waals surface area contributed by atoms with Crippen molar-refractivity contribution in [2.75, 3.05) is 20.8 Å². The zero-order valence-corrected chi connectivity index (χ0v) is 13.9. The predicted molar refractivity (Wildman–Crippen MR) is 90.7 cm³/mol. The Morgan fingerprint density at radius 1 is 1.04 bits per heavy atom. The maximum absolute atomic E-state index is 6.02. The monoisotopic (exact) mass is 312 g/mol. The van der Waals surface area contributed by atoms with Crippen LogP contribution in [0.15, 0.2) is 48.5 Å². The van der Waals surface area contributed by atoms with Gasteiger partial charge in [0, 0.05) is 7.11 Å². The van der Waals surface area contributed by atoms with Gasteiger partial charge in [0.1, 0.15) is 11.4 Å². The molecule has 0 saturated carbocycles. The fraction of sp³-hybridized carbons (Fsp3) is 0.400. The summed E-state index contributed by atoms with van der Waals surface area (Å²) in [5.41, 5.74) is 3.35. The van der Waals surface area contributed by atoms with Gasteiger partial charge in [-0.2, -0.15) is 0 Å². The van der Waals surface area contributed by atoms with E-state index in [2.05, 4.69) is 24.3 Å². The lowest BCUT2D eigenvalue weighted by atomic mass is 9.79. The largest absolute Gasteiger partial charge is 0.497 e. The average Bonchev–Trinajstić information content (AvgIpc) is 2.62. The Kier molecular flexibility index (Phi) is 4.99. The van der Waals surface area contributed by atoms with Crippen molar-refractivity contribution in [3.63, 3.8) is 0 Å². The van der Waals surface area contributed by atoms with E-state index in [4.69, 9.17) is 14.2 Å². The number of methoxy groups -OCH3 is 2. The van der Waals surface area contributed by atoms with Crippen LogP contribution in [0.25, 0.3) is 0 Å². The summed E-state index contributed by atoms with van der Waals surface area (Å²) >= 11 is 0. The van der Waals surface area contributed by atoms with E-state index < -0.39 is 0 Å². The molecule has 2 aromatic carbocycles. The van der Waals surface area contributed by atoms with Crippen LogP contribution in [0, 0.1) is 0 Å². The van der Waals surface area contributed by atoms with Gasteiger partial charge in [0.15, 0.2) is 0 Å². The standard InChI is InChI=1S/C20H24O3/c1-21-18-11-10-17-9-6-12-20(22-2,19(17)13-18)15-23-14-16-7-4-3-5-8-16/h3-5,7-8,10-11,13H,6,9,12,14-15H2,1-2H3. The molecule has 0 aromatic heterocycles. The first-order valence-corrected chi connectivity index (χ1v) is 8.12. The van der Waals surface area contributed by atoms with Crippen LogP contribution in [-0.2, 0) is 28.1 Å². The van der Waals surface area contributed by atoms with Crippen LogP contribution in [0.2, 0.25) is 0 Å². The second-order valence-corrected chi connectivity index (χ2v) is 6.05. The Morgan fingerprint density at radius 3 is 2.61 bits per heavy atom. The highest BCUT2D eigenvalue weighted by Crippen LogP contribution is 2.40. The van der Waals surface area contributed by atoms with Crippen LogP contribution in [0.1, 0.15) is 29.5 Å². The van der Waals surface area contributed by atoms with Gasteiger partial charge in [0.05, 0.1) is 20.3 Å². The first kappa shape index (κ1) is 16.0. The van der Waals surface area contributed by atoms with E-state index in [1.807, 2.05) is 24.3 Å². The normalized spacial score (nSPS) is 20.1. The summed E-state index contributed by atoms with van der Waals surface area (Å²) in [7, 11) is 3.48. The molecule has 0 fully saturated rings. The van der Waals surface area contributed by atoms with Gasteiger partial charge < -0.3 is 14.2 Å². The first-order valence-electron chi connectivity index (χ1n) is 8.12. The molecule has 0 bridgehead atoms. The number of ether oxygens (including phenoxy) is 3. The molecular weight excluding hydrogens is 288 g/mol. The minimum absolute atomic E-state index is 0.378. The fourth-order valence-corrected chi connectivity index (χ4v) is 3.35. The summed E-state index contributed by atoms with van der Waals surface area (Å²) < 4.78 is 17.4. The highest BCUT2D eigenvalue weighted by Gasteiger charge is 2.37. The summed E-state index contributed by atoms with van der Waals surface area (Å²) in [4.78, 5) is 0. The molecule has 23 heavy (non-hydrogen) atoms. The van der Waals surface area contributed by atoms with E-state index in [0.717, 1.165) is 25.0 Å². The average molecular weight is 312 g/mol. The highest BCUT2D eigenvalue weighted by atomic mass is 16.5. The van der Waals surface area contributed by atoms with Crippen molar-refractivity contribution in [1.82, 2.24) is 0 Å². The molecule has 2 aromatic rings. The second-order valence-electron chi connectivity index (χ2n) is 6.05. The van der Waals surface area contributed by atoms with Crippen molar-refractivity contribution in [1.29, 1.82) is 0 Å². The smallest absolute Gasteiger partial charge is 0.119 e. The minimum Gasteiger partial charge on any atom is -0.497 e. The highest BCUT2D eigenvalue weighted by molar-refractivity contribution is 5.41. The topological polar surface area (TPSA) is 27.7 Å². The van der Waals surface area contributed by atoms with Crippen LogP contribution in [0.4, 0.5) is 0 Å². The van der Waals surface area contributed by atoms with E-state index in [1.165, 1.54) is 16.7 Å². The lowest BCUT2D eigenvalue weighted by Gasteiger charge is -2.38. The van der Waals surface area contributed by atoms with E-state index in [1.54, 1.807) is 14.2 Å². The van der Waals surface area contributed by atoms with Crippen molar-refractivity contribution >= 4 is 0 Å². The van der Waals surface area contributed by atoms with Crippen LogP contribution < -0.4 is 4.74 Å². The summed E-state index contributed by atoms with van der Waals surface area (Å²) in [6, 6.07) is 16.5. The molecular formula is C20H24O3. The van der Waals surface area contributed by atoms with E-state index in [0.29, 0.717) is 13.2 Å². The molecule has 0 N–H and O–H groups in total. The van der Waals surface area contributed by atoms with Gasteiger partial charge >= 0.3 is 0 Å². The molecule has 1 unspecified atom stereocenters. The number of fused-ring (bicyclic) bond motifs is 1. The Bertz CT molecular complexity index is 639. The molecule has 0 aliphatic heterocycles. The molecule has 3 heteroatoms. The number of hydrogen-bond donors (Lipinski definition) is 0. The molecule has 1 atom stereocenters. The van der Waals surface area contributed by atoms with E-state index >= 15 is 0 Å².